The number of hydrogen-bond donors (Lipinski definition) is 1. The lowest BCUT2D eigenvalue weighted by atomic mass is 10.2. The molecule has 2 aromatic rings. The molecule has 0 saturated carbocycles. The highest BCUT2D eigenvalue weighted by molar-refractivity contribution is 6.30. The van der Waals surface area contributed by atoms with E-state index in [2.05, 4.69) is 17.2 Å². The first-order valence-corrected chi connectivity index (χ1v) is 6.68. The van der Waals surface area contributed by atoms with Crippen LogP contribution < -0.4 is 10.1 Å². The van der Waals surface area contributed by atoms with Gasteiger partial charge in [0.25, 0.3) is 0 Å². The molecule has 0 aliphatic rings. The summed E-state index contributed by atoms with van der Waals surface area (Å²) in [5, 5.41) is 4.06. The summed E-state index contributed by atoms with van der Waals surface area (Å²) in [6.45, 7) is 4.63. The molecule has 0 fully saturated rings. The second-order valence-electron chi connectivity index (χ2n) is 4.19. The quantitative estimate of drug-likeness (QED) is 0.884. The van der Waals surface area contributed by atoms with Gasteiger partial charge in [-0.15, -0.1) is 0 Å². The van der Waals surface area contributed by atoms with E-state index in [0.29, 0.717) is 11.6 Å². The van der Waals surface area contributed by atoms with Crippen LogP contribution in [0.3, 0.4) is 0 Å². The molecule has 0 aliphatic carbocycles. The highest BCUT2D eigenvalue weighted by atomic mass is 35.5. The zero-order valence-electron chi connectivity index (χ0n) is 11.1. The molecule has 2 rings (SSSR count). The SMILES string of the molecule is CCOc1ccc(Cl)cc1NC(C)c1ccccn1. The Kier molecular flexibility index (Phi) is 4.63. The van der Waals surface area contributed by atoms with Crippen LogP contribution in [0.25, 0.3) is 0 Å². The molecule has 0 amide bonds. The monoisotopic (exact) mass is 276 g/mol. The number of aromatic nitrogens is 1. The van der Waals surface area contributed by atoms with Crippen molar-refractivity contribution in [2.45, 2.75) is 19.9 Å². The molecule has 1 N–H and O–H groups in total. The van der Waals surface area contributed by atoms with Crippen molar-refractivity contribution in [1.82, 2.24) is 4.98 Å². The van der Waals surface area contributed by atoms with Crippen molar-refractivity contribution in [2.75, 3.05) is 11.9 Å². The van der Waals surface area contributed by atoms with E-state index in [1.807, 2.05) is 43.3 Å². The third kappa shape index (κ3) is 3.61. The maximum atomic E-state index is 6.04. The Labute approximate surface area is 118 Å². The van der Waals surface area contributed by atoms with Gasteiger partial charge in [-0.3, -0.25) is 4.98 Å². The van der Waals surface area contributed by atoms with Crippen molar-refractivity contribution in [3.05, 3.63) is 53.3 Å². The Hall–Kier alpha value is -1.74. The Morgan fingerprint density at radius 2 is 2.16 bits per heavy atom. The fourth-order valence-corrected chi connectivity index (χ4v) is 2.01. The molecule has 1 unspecified atom stereocenters. The lowest BCUT2D eigenvalue weighted by Gasteiger charge is -2.18. The number of ether oxygens (including phenoxy) is 1. The molecule has 1 heterocycles. The normalized spacial score (nSPS) is 11.9. The van der Waals surface area contributed by atoms with Crippen LogP contribution in [0.2, 0.25) is 5.02 Å². The minimum absolute atomic E-state index is 0.0823. The standard InChI is InChI=1S/C15H17ClN2O/c1-3-19-15-8-7-12(16)10-14(15)18-11(2)13-6-4-5-9-17-13/h4-11,18H,3H2,1-2H3. The van der Waals surface area contributed by atoms with Crippen LogP contribution in [0.15, 0.2) is 42.6 Å². The molecule has 4 heteroatoms. The van der Waals surface area contributed by atoms with Gasteiger partial charge in [0.15, 0.2) is 0 Å². The molecule has 100 valence electrons. The van der Waals surface area contributed by atoms with Crippen molar-refractivity contribution < 1.29 is 4.74 Å². The van der Waals surface area contributed by atoms with E-state index in [0.717, 1.165) is 17.1 Å². The average molecular weight is 277 g/mol. The highest BCUT2D eigenvalue weighted by Gasteiger charge is 2.10. The summed E-state index contributed by atoms with van der Waals surface area (Å²) in [5.74, 6) is 0.801. The molecule has 0 radical (unpaired) electrons. The molecule has 1 atom stereocenters. The first-order valence-electron chi connectivity index (χ1n) is 6.30. The van der Waals surface area contributed by atoms with E-state index in [9.17, 15) is 0 Å². The molecular weight excluding hydrogens is 260 g/mol. The molecule has 19 heavy (non-hydrogen) atoms. The third-order valence-corrected chi connectivity index (χ3v) is 2.98. The minimum atomic E-state index is 0.0823. The maximum Gasteiger partial charge on any atom is 0.142 e. The Bertz CT molecular complexity index is 531. The third-order valence-electron chi connectivity index (χ3n) is 2.74. The Balaban J connectivity index is 2.20. The van der Waals surface area contributed by atoms with E-state index < -0.39 is 0 Å². The summed E-state index contributed by atoms with van der Waals surface area (Å²) in [6, 6.07) is 11.5. The largest absolute Gasteiger partial charge is 0.492 e. The van der Waals surface area contributed by atoms with Gasteiger partial charge < -0.3 is 10.1 Å². The topological polar surface area (TPSA) is 34.1 Å². The van der Waals surface area contributed by atoms with Crippen LogP contribution in [0.5, 0.6) is 5.75 Å². The van der Waals surface area contributed by atoms with E-state index >= 15 is 0 Å². The van der Waals surface area contributed by atoms with Gasteiger partial charge in [-0.25, -0.2) is 0 Å². The lowest BCUT2D eigenvalue weighted by molar-refractivity contribution is 0.341. The zero-order valence-corrected chi connectivity index (χ0v) is 11.8. The van der Waals surface area contributed by atoms with E-state index in [-0.39, 0.29) is 6.04 Å². The molecule has 0 spiro atoms. The van der Waals surface area contributed by atoms with Gasteiger partial charge in [-0.2, -0.15) is 0 Å². The Morgan fingerprint density at radius 3 is 2.84 bits per heavy atom. The van der Waals surface area contributed by atoms with Gasteiger partial charge >= 0.3 is 0 Å². The number of rotatable bonds is 5. The average Bonchev–Trinajstić information content (AvgIpc) is 2.43. The number of benzene rings is 1. The van der Waals surface area contributed by atoms with E-state index in [1.165, 1.54) is 0 Å². The summed E-state index contributed by atoms with van der Waals surface area (Å²) in [6.07, 6.45) is 1.79. The van der Waals surface area contributed by atoms with Crippen molar-refractivity contribution in [2.24, 2.45) is 0 Å². The Morgan fingerprint density at radius 1 is 1.32 bits per heavy atom. The molecule has 1 aromatic carbocycles. The molecule has 0 saturated heterocycles. The fourth-order valence-electron chi connectivity index (χ4n) is 1.84. The molecule has 0 aliphatic heterocycles. The predicted molar refractivity (Wildman–Crippen MR) is 78.9 cm³/mol. The van der Waals surface area contributed by atoms with Gasteiger partial charge in [0.2, 0.25) is 0 Å². The number of nitrogens with zero attached hydrogens (tertiary/aromatic N) is 1. The number of hydrogen-bond acceptors (Lipinski definition) is 3. The van der Waals surface area contributed by atoms with Gasteiger partial charge in [-0.1, -0.05) is 17.7 Å². The van der Waals surface area contributed by atoms with Gasteiger partial charge in [-0.05, 0) is 44.2 Å². The van der Waals surface area contributed by atoms with Gasteiger partial charge in [0.05, 0.1) is 24.0 Å². The molecular formula is C15H17ClN2O. The summed E-state index contributed by atoms with van der Waals surface area (Å²) in [7, 11) is 0. The van der Waals surface area contributed by atoms with Crippen molar-refractivity contribution >= 4 is 17.3 Å². The van der Waals surface area contributed by atoms with E-state index in [1.54, 1.807) is 6.20 Å². The summed E-state index contributed by atoms with van der Waals surface area (Å²) < 4.78 is 5.59. The maximum absolute atomic E-state index is 6.04. The van der Waals surface area contributed by atoms with Crippen molar-refractivity contribution in [3.63, 3.8) is 0 Å². The predicted octanol–water partition coefficient (Wildman–Crippen LogP) is 4.31. The zero-order chi connectivity index (χ0) is 13.7. The van der Waals surface area contributed by atoms with Crippen LogP contribution in [-0.2, 0) is 0 Å². The highest BCUT2D eigenvalue weighted by Crippen LogP contribution is 2.30. The minimum Gasteiger partial charge on any atom is -0.492 e. The number of pyridine rings is 1. The molecule has 1 aromatic heterocycles. The van der Waals surface area contributed by atoms with Crippen LogP contribution in [0.4, 0.5) is 5.69 Å². The first-order chi connectivity index (χ1) is 9.20. The van der Waals surface area contributed by atoms with Crippen molar-refractivity contribution in [1.29, 1.82) is 0 Å². The van der Waals surface area contributed by atoms with Crippen LogP contribution >= 0.6 is 11.6 Å². The molecule has 3 nitrogen and oxygen atoms in total. The lowest BCUT2D eigenvalue weighted by Crippen LogP contribution is -2.09. The first kappa shape index (κ1) is 13.7. The summed E-state index contributed by atoms with van der Waals surface area (Å²) in [4.78, 5) is 4.34. The fraction of sp³-hybridized carbons (Fsp3) is 0.267. The second kappa shape index (κ2) is 6.43. The van der Waals surface area contributed by atoms with Gasteiger partial charge in [0.1, 0.15) is 5.75 Å². The van der Waals surface area contributed by atoms with Crippen molar-refractivity contribution in [3.8, 4) is 5.75 Å². The number of nitrogens with one attached hydrogen (secondary N) is 1. The summed E-state index contributed by atoms with van der Waals surface area (Å²) >= 11 is 6.04. The second-order valence-corrected chi connectivity index (χ2v) is 4.63. The van der Waals surface area contributed by atoms with Crippen LogP contribution in [-0.4, -0.2) is 11.6 Å². The van der Waals surface area contributed by atoms with Crippen LogP contribution in [0.1, 0.15) is 25.6 Å². The van der Waals surface area contributed by atoms with Crippen LogP contribution in [0, 0.1) is 0 Å². The molecule has 0 bridgehead atoms. The smallest absolute Gasteiger partial charge is 0.142 e. The number of halogens is 1. The number of anilines is 1. The summed E-state index contributed by atoms with van der Waals surface area (Å²) in [5.41, 5.74) is 1.86. The van der Waals surface area contributed by atoms with E-state index in [4.69, 9.17) is 16.3 Å². The van der Waals surface area contributed by atoms with Gasteiger partial charge in [0, 0.05) is 11.2 Å².